The number of allylic oxidation sites excluding steroid dienone is 2. The number of benzene rings is 1. The van der Waals surface area contributed by atoms with Gasteiger partial charge in [0.05, 0.1) is 5.60 Å². The molecule has 3 nitrogen and oxygen atoms in total. The van der Waals surface area contributed by atoms with E-state index in [9.17, 15) is 9.90 Å². The van der Waals surface area contributed by atoms with Crippen LogP contribution in [0.2, 0.25) is 0 Å². The van der Waals surface area contributed by atoms with Crippen LogP contribution in [0.5, 0.6) is 0 Å². The summed E-state index contributed by atoms with van der Waals surface area (Å²) >= 11 is 4.73. The first-order valence-corrected chi connectivity index (χ1v) is 12.0. The lowest BCUT2D eigenvalue weighted by Gasteiger charge is -2.44. The maximum atomic E-state index is 12.8. The number of thiol groups is 1. The van der Waals surface area contributed by atoms with Crippen LogP contribution in [0.25, 0.3) is 0 Å². The second-order valence-electron chi connectivity index (χ2n) is 11.9. The lowest BCUT2D eigenvalue weighted by Crippen LogP contribution is -2.47. The number of ether oxygens (including phenoxy) is 1. The molecule has 1 aliphatic carbocycles. The van der Waals surface area contributed by atoms with Crippen molar-refractivity contribution in [2.24, 2.45) is 5.41 Å². The number of carbonyl (C=O) groups excluding carboxylic acids is 1. The fraction of sp³-hybridized carbons (Fsp3) is 0.607. The zero-order chi connectivity index (χ0) is 24.7. The molecule has 0 spiro atoms. The molecule has 0 fully saturated rings. The van der Waals surface area contributed by atoms with E-state index in [-0.39, 0.29) is 16.6 Å². The van der Waals surface area contributed by atoms with Crippen LogP contribution in [-0.2, 0) is 14.9 Å². The lowest BCUT2D eigenvalue weighted by atomic mass is 9.65. The third-order valence-corrected chi connectivity index (χ3v) is 6.82. The van der Waals surface area contributed by atoms with Crippen LogP contribution >= 0.6 is 12.6 Å². The summed E-state index contributed by atoms with van der Waals surface area (Å²) in [6.45, 7) is 20.2. The largest absolute Gasteiger partial charge is 0.457 e. The highest BCUT2D eigenvalue weighted by molar-refractivity contribution is 7.81. The Morgan fingerprint density at radius 3 is 2.06 bits per heavy atom. The first-order chi connectivity index (χ1) is 14.4. The predicted molar refractivity (Wildman–Crippen MR) is 137 cm³/mol. The first-order valence-electron chi connectivity index (χ1n) is 11.5. The molecule has 1 aromatic rings. The van der Waals surface area contributed by atoms with Gasteiger partial charge in [0.1, 0.15) is 5.60 Å². The van der Waals surface area contributed by atoms with Gasteiger partial charge in [0, 0.05) is 16.2 Å². The Labute approximate surface area is 200 Å². The van der Waals surface area contributed by atoms with Gasteiger partial charge in [-0.15, -0.1) is 0 Å². The number of esters is 1. The van der Waals surface area contributed by atoms with E-state index in [0.717, 1.165) is 5.57 Å². The van der Waals surface area contributed by atoms with Gasteiger partial charge in [0.15, 0.2) is 0 Å². The number of hydrogen-bond donors (Lipinski definition) is 2. The molecule has 0 aromatic heterocycles. The second kappa shape index (κ2) is 9.02. The Morgan fingerprint density at radius 2 is 1.62 bits per heavy atom. The van der Waals surface area contributed by atoms with Crippen molar-refractivity contribution in [1.82, 2.24) is 0 Å². The van der Waals surface area contributed by atoms with Gasteiger partial charge in [0.2, 0.25) is 0 Å². The van der Waals surface area contributed by atoms with Gasteiger partial charge in [-0.25, -0.2) is 4.79 Å². The molecule has 2 atom stereocenters. The molecule has 4 heteroatoms. The highest BCUT2D eigenvalue weighted by atomic mass is 32.1. The van der Waals surface area contributed by atoms with Crippen molar-refractivity contribution in [3.8, 4) is 0 Å². The summed E-state index contributed by atoms with van der Waals surface area (Å²) in [5.41, 5.74) is 2.83. The molecule has 0 saturated heterocycles. The summed E-state index contributed by atoms with van der Waals surface area (Å²) in [6.07, 6.45) is 4.85. The van der Waals surface area contributed by atoms with E-state index in [1.54, 1.807) is 0 Å². The van der Waals surface area contributed by atoms with Gasteiger partial charge < -0.3 is 9.84 Å². The Kier molecular flexibility index (Phi) is 7.54. The van der Waals surface area contributed by atoms with Gasteiger partial charge >= 0.3 is 5.97 Å². The zero-order valence-corrected chi connectivity index (χ0v) is 22.5. The fourth-order valence-corrected chi connectivity index (χ4v) is 4.94. The van der Waals surface area contributed by atoms with Gasteiger partial charge in [0.25, 0.3) is 0 Å². The van der Waals surface area contributed by atoms with Gasteiger partial charge in [-0.2, -0.15) is 12.6 Å². The molecule has 0 aliphatic heterocycles. The quantitative estimate of drug-likeness (QED) is 0.371. The summed E-state index contributed by atoms with van der Waals surface area (Å²) in [4.78, 5) is 12.8. The van der Waals surface area contributed by atoms with Crippen molar-refractivity contribution in [3.05, 3.63) is 58.2 Å². The molecule has 1 N–H and O–H groups in total. The van der Waals surface area contributed by atoms with E-state index < -0.39 is 16.6 Å². The Bertz CT molecular complexity index is 908. The number of hydrogen-bond acceptors (Lipinski definition) is 4. The number of aliphatic hydroxyl groups is 1. The Hall–Kier alpha value is -1.52. The van der Waals surface area contributed by atoms with Crippen molar-refractivity contribution < 1.29 is 14.6 Å². The van der Waals surface area contributed by atoms with Crippen LogP contribution in [0.1, 0.15) is 84.9 Å². The third-order valence-electron chi connectivity index (χ3n) is 6.39. The Balaban J connectivity index is 2.45. The average Bonchev–Trinajstić information content (AvgIpc) is 2.57. The Morgan fingerprint density at radius 1 is 1.09 bits per heavy atom. The van der Waals surface area contributed by atoms with Gasteiger partial charge in [-0.1, -0.05) is 76.1 Å². The number of carbonyl (C=O) groups is 1. The van der Waals surface area contributed by atoms with Crippen molar-refractivity contribution in [2.45, 2.75) is 104 Å². The van der Waals surface area contributed by atoms with E-state index in [2.05, 4.69) is 45.9 Å². The van der Waals surface area contributed by atoms with Crippen LogP contribution in [0.4, 0.5) is 0 Å². The van der Waals surface area contributed by atoms with Crippen LogP contribution in [0, 0.1) is 19.3 Å². The minimum Gasteiger partial charge on any atom is -0.457 e. The van der Waals surface area contributed by atoms with Crippen LogP contribution in [0.3, 0.4) is 0 Å². The molecule has 0 amide bonds. The topological polar surface area (TPSA) is 46.5 Å². The van der Waals surface area contributed by atoms with E-state index in [4.69, 9.17) is 17.4 Å². The second-order valence-corrected chi connectivity index (χ2v) is 12.6. The van der Waals surface area contributed by atoms with E-state index in [1.165, 1.54) is 16.7 Å². The summed E-state index contributed by atoms with van der Waals surface area (Å²) < 4.78 is 5.63. The molecule has 0 bridgehead atoms. The molecular formula is C28H42O3S. The summed E-state index contributed by atoms with van der Waals surface area (Å²) in [5.74, 6) is -0.296. The molecule has 1 aromatic carbocycles. The normalized spacial score (nSPS) is 19.5. The van der Waals surface area contributed by atoms with Crippen molar-refractivity contribution >= 4 is 18.6 Å². The van der Waals surface area contributed by atoms with E-state index in [1.807, 2.05) is 53.7 Å². The van der Waals surface area contributed by atoms with Gasteiger partial charge in [-0.05, 0) is 64.0 Å². The van der Waals surface area contributed by atoms with E-state index >= 15 is 0 Å². The maximum Gasteiger partial charge on any atom is 0.335 e. The van der Waals surface area contributed by atoms with Crippen molar-refractivity contribution in [1.29, 1.82) is 0 Å². The molecule has 32 heavy (non-hydrogen) atoms. The highest BCUT2D eigenvalue weighted by Crippen LogP contribution is 2.47. The standard InChI is InChI=1S/C28H42O3S/c1-18-13-19(2)15-22(14-18)27(9,10)17-28(30,20(3)32)21-11-12-23(26(7,8)16-21)24(29)31-25(4,5)6/h11-15,20,30,32H,16-17H2,1-10H3. The third kappa shape index (κ3) is 6.08. The predicted octanol–water partition coefficient (Wildman–Crippen LogP) is 6.64. The van der Waals surface area contributed by atoms with E-state index in [0.29, 0.717) is 18.4 Å². The molecule has 2 unspecified atom stereocenters. The minimum atomic E-state index is -1.11. The first kappa shape index (κ1) is 26.7. The maximum absolute atomic E-state index is 12.8. The van der Waals surface area contributed by atoms with Crippen LogP contribution in [0.15, 0.2) is 41.5 Å². The molecule has 0 saturated carbocycles. The molecule has 2 rings (SSSR count). The zero-order valence-electron chi connectivity index (χ0n) is 21.6. The van der Waals surface area contributed by atoms with Crippen molar-refractivity contribution in [2.75, 3.05) is 0 Å². The molecule has 0 heterocycles. The monoisotopic (exact) mass is 458 g/mol. The molecule has 0 radical (unpaired) electrons. The lowest BCUT2D eigenvalue weighted by molar-refractivity contribution is -0.151. The van der Waals surface area contributed by atoms with Crippen molar-refractivity contribution in [3.63, 3.8) is 0 Å². The molecule has 1 aliphatic rings. The van der Waals surface area contributed by atoms with Crippen LogP contribution < -0.4 is 0 Å². The number of rotatable bonds is 6. The summed E-state index contributed by atoms with van der Waals surface area (Å²) in [6, 6.07) is 6.58. The average molecular weight is 459 g/mol. The smallest absolute Gasteiger partial charge is 0.335 e. The SMILES string of the molecule is Cc1cc(C)cc(C(C)(C)CC(O)(C2=CC=C(C(=O)OC(C)(C)C)C(C)(C)C2)C(C)S)c1. The summed E-state index contributed by atoms with van der Waals surface area (Å²) in [7, 11) is 0. The van der Waals surface area contributed by atoms with Crippen LogP contribution in [-0.4, -0.2) is 27.5 Å². The highest BCUT2D eigenvalue weighted by Gasteiger charge is 2.45. The molecule has 178 valence electrons. The minimum absolute atomic E-state index is 0.261. The molecular weight excluding hydrogens is 416 g/mol. The van der Waals surface area contributed by atoms with Gasteiger partial charge in [-0.3, -0.25) is 0 Å². The number of aryl methyl sites for hydroxylation is 2. The summed E-state index contributed by atoms with van der Waals surface area (Å²) in [5, 5.41) is 11.7. The fourth-order valence-electron chi connectivity index (χ4n) is 4.69.